The lowest BCUT2D eigenvalue weighted by Crippen LogP contribution is -2.36. The summed E-state index contributed by atoms with van der Waals surface area (Å²) in [6.07, 6.45) is 7.29. The van der Waals surface area contributed by atoms with Gasteiger partial charge in [-0.25, -0.2) is 9.97 Å². The van der Waals surface area contributed by atoms with Gasteiger partial charge in [-0.2, -0.15) is 0 Å². The zero-order valence-electron chi connectivity index (χ0n) is 12.3. The molecule has 110 valence electrons. The number of piperidine rings is 1. The third kappa shape index (κ3) is 2.94. The number of aryl methyl sites for hydroxylation is 1. The van der Waals surface area contributed by atoms with Gasteiger partial charge >= 0.3 is 0 Å². The monoisotopic (exact) mass is 285 g/mol. The number of carbonyl (C=O) groups is 1. The number of aromatic nitrogens is 4. The second kappa shape index (κ2) is 5.63. The number of nitrogens with one attached hydrogen (secondary N) is 1. The summed E-state index contributed by atoms with van der Waals surface area (Å²) in [6.45, 7) is 5.20. The highest BCUT2D eigenvalue weighted by atomic mass is 16.2. The zero-order valence-corrected chi connectivity index (χ0v) is 12.3. The van der Waals surface area contributed by atoms with Gasteiger partial charge < -0.3 is 9.88 Å². The molecule has 21 heavy (non-hydrogen) atoms. The minimum absolute atomic E-state index is 0.156. The third-order valence-corrected chi connectivity index (χ3v) is 3.98. The van der Waals surface area contributed by atoms with E-state index in [9.17, 15) is 4.79 Å². The topological polar surface area (TPSA) is 74.8 Å². The first-order valence-electron chi connectivity index (χ1n) is 7.23. The number of rotatable bonds is 2. The van der Waals surface area contributed by atoms with Crippen LogP contribution in [-0.4, -0.2) is 43.8 Å². The molecule has 1 fully saturated rings. The number of nitrogens with zero attached hydrogens (tertiary/aromatic N) is 4. The molecular weight excluding hydrogens is 266 g/mol. The largest absolute Gasteiger partial charge is 0.343 e. The van der Waals surface area contributed by atoms with Gasteiger partial charge in [0.25, 0.3) is 0 Å². The summed E-state index contributed by atoms with van der Waals surface area (Å²) in [5, 5.41) is 0. The Morgan fingerprint density at radius 3 is 2.48 bits per heavy atom. The second-order valence-corrected chi connectivity index (χ2v) is 5.52. The fraction of sp³-hybridized carbons (Fsp3) is 0.467. The maximum absolute atomic E-state index is 11.3. The molecule has 0 bridgehead atoms. The lowest BCUT2D eigenvalue weighted by molar-refractivity contribution is -0.129. The van der Waals surface area contributed by atoms with Crippen LogP contribution in [0.15, 0.2) is 18.6 Å². The highest BCUT2D eigenvalue weighted by molar-refractivity contribution is 5.73. The molecule has 3 heterocycles. The van der Waals surface area contributed by atoms with Crippen LogP contribution in [0.25, 0.3) is 11.5 Å². The van der Waals surface area contributed by atoms with Crippen LogP contribution in [0.4, 0.5) is 0 Å². The van der Waals surface area contributed by atoms with Crippen molar-refractivity contribution in [1.82, 2.24) is 24.8 Å². The van der Waals surface area contributed by atoms with E-state index in [0.717, 1.165) is 48.8 Å². The van der Waals surface area contributed by atoms with E-state index < -0.39 is 0 Å². The molecule has 6 nitrogen and oxygen atoms in total. The Hall–Kier alpha value is -2.24. The molecule has 0 saturated carbocycles. The van der Waals surface area contributed by atoms with Gasteiger partial charge in [-0.1, -0.05) is 0 Å². The van der Waals surface area contributed by atoms with Gasteiger partial charge in [0.05, 0.1) is 11.9 Å². The van der Waals surface area contributed by atoms with Crippen molar-refractivity contribution in [3.63, 3.8) is 0 Å². The first-order valence-corrected chi connectivity index (χ1v) is 7.23. The van der Waals surface area contributed by atoms with Crippen LogP contribution >= 0.6 is 0 Å². The van der Waals surface area contributed by atoms with Crippen molar-refractivity contribution < 1.29 is 4.79 Å². The molecule has 1 saturated heterocycles. The second-order valence-electron chi connectivity index (χ2n) is 5.52. The molecule has 0 aliphatic carbocycles. The van der Waals surface area contributed by atoms with E-state index >= 15 is 0 Å². The average molecular weight is 285 g/mol. The Morgan fingerprint density at radius 2 is 1.95 bits per heavy atom. The van der Waals surface area contributed by atoms with E-state index in [1.807, 2.05) is 18.0 Å². The molecule has 1 aliphatic rings. The Balaban J connectivity index is 1.69. The fourth-order valence-corrected chi connectivity index (χ4v) is 2.70. The number of carbonyl (C=O) groups excluding carboxylic acids is 1. The number of amides is 1. The lowest BCUT2D eigenvalue weighted by atomic mass is 9.94. The summed E-state index contributed by atoms with van der Waals surface area (Å²) in [5.74, 6) is 1.29. The third-order valence-electron chi connectivity index (χ3n) is 3.98. The predicted molar refractivity (Wildman–Crippen MR) is 78.6 cm³/mol. The van der Waals surface area contributed by atoms with Gasteiger partial charge in [-0.05, 0) is 19.8 Å². The molecule has 0 unspecified atom stereocenters. The van der Waals surface area contributed by atoms with Crippen LogP contribution in [0, 0.1) is 6.92 Å². The number of likely N-dealkylation sites (tertiary alicyclic amines) is 1. The molecule has 0 radical (unpaired) electrons. The molecule has 0 atom stereocenters. The van der Waals surface area contributed by atoms with Crippen molar-refractivity contribution in [3.8, 4) is 11.5 Å². The van der Waals surface area contributed by atoms with E-state index in [-0.39, 0.29) is 5.91 Å². The Labute approximate surface area is 123 Å². The molecule has 3 rings (SSSR count). The minimum Gasteiger partial charge on any atom is -0.343 e. The highest BCUT2D eigenvalue weighted by Crippen LogP contribution is 2.26. The SMILES string of the molecule is CC(=O)N1CCC(c2cnc(-c3ncc(C)[nH]3)cn2)CC1. The number of hydrogen-bond acceptors (Lipinski definition) is 4. The van der Waals surface area contributed by atoms with Crippen LogP contribution in [0.1, 0.15) is 37.1 Å². The van der Waals surface area contributed by atoms with Crippen molar-refractivity contribution in [2.45, 2.75) is 32.6 Å². The molecule has 1 amide bonds. The smallest absolute Gasteiger partial charge is 0.219 e. The maximum Gasteiger partial charge on any atom is 0.219 e. The normalized spacial score (nSPS) is 16.2. The number of hydrogen-bond donors (Lipinski definition) is 1. The number of H-pyrrole nitrogens is 1. The van der Waals surface area contributed by atoms with Gasteiger partial charge in [0.15, 0.2) is 5.82 Å². The molecule has 0 aromatic carbocycles. The highest BCUT2D eigenvalue weighted by Gasteiger charge is 2.23. The molecule has 2 aromatic heterocycles. The molecule has 0 spiro atoms. The van der Waals surface area contributed by atoms with Gasteiger partial charge in [0.2, 0.25) is 5.91 Å². The van der Waals surface area contributed by atoms with Crippen LogP contribution in [0.2, 0.25) is 0 Å². The van der Waals surface area contributed by atoms with Crippen LogP contribution < -0.4 is 0 Å². The van der Waals surface area contributed by atoms with Gasteiger partial charge in [0, 0.05) is 44.0 Å². The van der Waals surface area contributed by atoms with Crippen molar-refractivity contribution in [2.24, 2.45) is 0 Å². The summed E-state index contributed by atoms with van der Waals surface area (Å²) in [7, 11) is 0. The quantitative estimate of drug-likeness (QED) is 0.914. The fourth-order valence-electron chi connectivity index (χ4n) is 2.70. The Kier molecular flexibility index (Phi) is 3.68. The molecule has 6 heteroatoms. The van der Waals surface area contributed by atoms with E-state index in [4.69, 9.17) is 0 Å². The summed E-state index contributed by atoms with van der Waals surface area (Å²) >= 11 is 0. The van der Waals surface area contributed by atoms with Crippen molar-refractivity contribution in [2.75, 3.05) is 13.1 Å². The van der Waals surface area contributed by atoms with Gasteiger partial charge in [-0.15, -0.1) is 0 Å². The summed E-state index contributed by atoms with van der Waals surface area (Å²) in [4.78, 5) is 29.6. The molecule has 1 N–H and O–H groups in total. The van der Waals surface area contributed by atoms with Gasteiger partial charge in [-0.3, -0.25) is 9.78 Å². The lowest BCUT2D eigenvalue weighted by Gasteiger charge is -2.30. The van der Waals surface area contributed by atoms with E-state index in [2.05, 4.69) is 19.9 Å². The zero-order chi connectivity index (χ0) is 14.8. The molecular formula is C15H19N5O. The van der Waals surface area contributed by atoms with Crippen molar-refractivity contribution in [1.29, 1.82) is 0 Å². The standard InChI is InChI=1S/C15H19N5O/c1-10-7-18-15(19-10)14-9-16-13(8-17-14)12-3-5-20(6-4-12)11(2)21/h7-9,12H,3-6H2,1-2H3,(H,18,19). The number of imidazole rings is 1. The minimum atomic E-state index is 0.156. The molecule has 1 aliphatic heterocycles. The van der Waals surface area contributed by atoms with Gasteiger partial charge in [0.1, 0.15) is 5.69 Å². The maximum atomic E-state index is 11.3. The summed E-state index contributed by atoms with van der Waals surface area (Å²) in [6, 6.07) is 0. The van der Waals surface area contributed by atoms with Crippen LogP contribution in [0.5, 0.6) is 0 Å². The average Bonchev–Trinajstić information content (AvgIpc) is 2.94. The Bertz CT molecular complexity index is 626. The van der Waals surface area contributed by atoms with Crippen LogP contribution in [0.3, 0.4) is 0 Å². The van der Waals surface area contributed by atoms with E-state index in [1.54, 1.807) is 19.3 Å². The first-order chi connectivity index (χ1) is 10.1. The van der Waals surface area contributed by atoms with Crippen molar-refractivity contribution >= 4 is 5.91 Å². The number of aromatic amines is 1. The predicted octanol–water partition coefficient (Wildman–Crippen LogP) is 1.90. The summed E-state index contributed by atoms with van der Waals surface area (Å²) < 4.78 is 0. The van der Waals surface area contributed by atoms with E-state index in [0.29, 0.717) is 5.92 Å². The Morgan fingerprint density at radius 1 is 1.19 bits per heavy atom. The van der Waals surface area contributed by atoms with E-state index in [1.165, 1.54) is 0 Å². The first kappa shape index (κ1) is 13.7. The van der Waals surface area contributed by atoms with Crippen LogP contribution in [-0.2, 0) is 4.79 Å². The summed E-state index contributed by atoms with van der Waals surface area (Å²) in [5.41, 5.74) is 2.77. The van der Waals surface area contributed by atoms with Crippen molar-refractivity contribution in [3.05, 3.63) is 30.0 Å². The molecule has 2 aromatic rings.